The third kappa shape index (κ3) is 2.54. The maximum atomic E-state index is 4.61. The minimum atomic E-state index is 0.746. The summed E-state index contributed by atoms with van der Waals surface area (Å²) in [5.41, 5.74) is 2.04. The smallest absolute Gasteiger partial charge is 0.150 e. The van der Waals surface area contributed by atoms with Gasteiger partial charge in [0, 0.05) is 24.6 Å². The number of anilines is 1. The molecule has 1 unspecified atom stereocenters. The quantitative estimate of drug-likeness (QED) is 0.782. The van der Waals surface area contributed by atoms with Gasteiger partial charge in [-0.25, -0.2) is 4.98 Å². The van der Waals surface area contributed by atoms with Crippen LogP contribution in [0.2, 0.25) is 0 Å². The van der Waals surface area contributed by atoms with Crippen LogP contribution in [-0.2, 0) is 0 Å². The standard InChI is InChI=1S/C12H18BrN3/c1-9-7-14-10(2)12(15-9)16-5-3-4-11(6-13)8-16/h7,11H,3-6,8H2,1-2H3. The molecule has 0 amide bonds. The summed E-state index contributed by atoms with van der Waals surface area (Å²) in [5, 5.41) is 1.09. The third-order valence-electron chi connectivity index (χ3n) is 3.09. The molecule has 1 atom stereocenters. The van der Waals surface area contributed by atoms with Crippen LogP contribution >= 0.6 is 15.9 Å². The summed E-state index contributed by atoms with van der Waals surface area (Å²) >= 11 is 3.58. The molecule has 1 fully saturated rings. The molecule has 16 heavy (non-hydrogen) atoms. The van der Waals surface area contributed by atoms with Crippen LogP contribution in [0.4, 0.5) is 5.82 Å². The number of hydrogen-bond acceptors (Lipinski definition) is 3. The van der Waals surface area contributed by atoms with Gasteiger partial charge in [0.15, 0.2) is 0 Å². The van der Waals surface area contributed by atoms with Crippen molar-refractivity contribution in [1.82, 2.24) is 9.97 Å². The van der Waals surface area contributed by atoms with Crippen LogP contribution in [0.1, 0.15) is 24.2 Å². The third-order valence-corrected chi connectivity index (χ3v) is 4.00. The van der Waals surface area contributed by atoms with Gasteiger partial charge >= 0.3 is 0 Å². The lowest BCUT2D eigenvalue weighted by molar-refractivity contribution is 0.451. The van der Waals surface area contributed by atoms with E-state index in [4.69, 9.17) is 0 Å². The molecule has 2 heterocycles. The van der Waals surface area contributed by atoms with Gasteiger partial charge in [0.2, 0.25) is 0 Å². The Kier molecular flexibility index (Phi) is 3.79. The highest BCUT2D eigenvalue weighted by atomic mass is 79.9. The zero-order valence-corrected chi connectivity index (χ0v) is 11.5. The van der Waals surface area contributed by atoms with Gasteiger partial charge < -0.3 is 4.90 Å². The van der Waals surface area contributed by atoms with E-state index < -0.39 is 0 Å². The number of hydrogen-bond donors (Lipinski definition) is 0. The molecule has 0 aromatic carbocycles. The Morgan fingerprint density at radius 2 is 2.31 bits per heavy atom. The van der Waals surface area contributed by atoms with Crippen LogP contribution in [0, 0.1) is 19.8 Å². The lowest BCUT2D eigenvalue weighted by Gasteiger charge is -2.33. The van der Waals surface area contributed by atoms with Gasteiger partial charge in [0.05, 0.1) is 11.4 Å². The second-order valence-electron chi connectivity index (χ2n) is 4.53. The van der Waals surface area contributed by atoms with Crippen LogP contribution in [0.15, 0.2) is 6.20 Å². The van der Waals surface area contributed by atoms with E-state index in [1.54, 1.807) is 0 Å². The molecular formula is C12H18BrN3. The number of piperidine rings is 1. The fraction of sp³-hybridized carbons (Fsp3) is 0.667. The van der Waals surface area contributed by atoms with E-state index in [0.717, 1.165) is 41.5 Å². The molecule has 0 bridgehead atoms. The molecule has 0 N–H and O–H groups in total. The minimum Gasteiger partial charge on any atom is -0.355 e. The molecule has 0 aliphatic carbocycles. The van der Waals surface area contributed by atoms with Gasteiger partial charge in [-0.3, -0.25) is 4.98 Å². The Morgan fingerprint density at radius 3 is 3.06 bits per heavy atom. The van der Waals surface area contributed by atoms with E-state index in [1.165, 1.54) is 12.8 Å². The van der Waals surface area contributed by atoms with Gasteiger partial charge in [-0.1, -0.05) is 15.9 Å². The summed E-state index contributed by atoms with van der Waals surface area (Å²) in [7, 11) is 0. The van der Waals surface area contributed by atoms with Crippen molar-refractivity contribution in [1.29, 1.82) is 0 Å². The second kappa shape index (κ2) is 5.13. The molecule has 88 valence electrons. The average molecular weight is 284 g/mol. The van der Waals surface area contributed by atoms with E-state index in [2.05, 4.69) is 30.8 Å². The van der Waals surface area contributed by atoms with Crippen LogP contribution in [0.3, 0.4) is 0 Å². The summed E-state index contributed by atoms with van der Waals surface area (Å²) in [5.74, 6) is 1.82. The number of alkyl halides is 1. The SMILES string of the molecule is Cc1cnc(C)c(N2CCCC(CBr)C2)n1. The Morgan fingerprint density at radius 1 is 1.50 bits per heavy atom. The predicted octanol–water partition coefficient (Wildman–Crippen LogP) is 2.70. The van der Waals surface area contributed by atoms with Crippen molar-refractivity contribution < 1.29 is 0 Å². The highest BCUT2D eigenvalue weighted by Crippen LogP contribution is 2.24. The Balaban J connectivity index is 2.19. The van der Waals surface area contributed by atoms with Crippen molar-refractivity contribution >= 4 is 21.7 Å². The molecule has 1 aromatic heterocycles. The maximum Gasteiger partial charge on any atom is 0.150 e. The predicted molar refractivity (Wildman–Crippen MR) is 70.2 cm³/mol. The summed E-state index contributed by atoms with van der Waals surface area (Å²) in [6.07, 6.45) is 4.41. The number of halogens is 1. The van der Waals surface area contributed by atoms with Crippen LogP contribution < -0.4 is 4.90 Å². The van der Waals surface area contributed by atoms with Gasteiger partial charge in [0.1, 0.15) is 5.82 Å². The lowest BCUT2D eigenvalue weighted by atomic mass is 10.0. The van der Waals surface area contributed by atoms with E-state index >= 15 is 0 Å². The normalized spacial score (nSPS) is 21.2. The largest absolute Gasteiger partial charge is 0.355 e. The number of rotatable bonds is 2. The first-order chi connectivity index (χ1) is 7.70. The maximum absolute atomic E-state index is 4.61. The molecular weight excluding hydrogens is 266 g/mol. The number of aryl methyl sites for hydroxylation is 2. The molecule has 1 aliphatic rings. The average Bonchev–Trinajstić information content (AvgIpc) is 2.32. The topological polar surface area (TPSA) is 29.0 Å². The Hall–Kier alpha value is -0.640. The van der Waals surface area contributed by atoms with Gasteiger partial charge in [-0.15, -0.1) is 0 Å². The first-order valence-electron chi connectivity index (χ1n) is 5.82. The fourth-order valence-corrected chi connectivity index (χ4v) is 2.74. The molecule has 3 nitrogen and oxygen atoms in total. The van der Waals surface area contributed by atoms with Crippen molar-refractivity contribution in [2.24, 2.45) is 5.92 Å². The van der Waals surface area contributed by atoms with Gasteiger partial charge in [0.25, 0.3) is 0 Å². The minimum absolute atomic E-state index is 0.746. The van der Waals surface area contributed by atoms with Crippen LogP contribution in [-0.4, -0.2) is 28.4 Å². The first-order valence-corrected chi connectivity index (χ1v) is 6.94. The number of aromatic nitrogens is 2. The molecule has 1 saturated heterocycles. The summed E-state index contributed by atoms with van der Waals surface area (Å²) in [6, 6.07) is 0. The van der Waals surface area contributed by atoms with Crippen molar-refractivity contribution in [3.63, 3.8) is 0 Å². The highest BCUT2D eigenvalue weighted by Gasteiger charge is 2.21. The fourth-order valence-electron chi connectivity index (χ4n) is 2.21. The molecule has 1 aliphatic heterocycles. The summed E-state index contributed by atoms with van der Waals surface area (Å²) in [6.45, 7) is 6.26. The van der Waals surface area contributed by atoms with E-state index in [0.29, 0.717) is 0 Å². The van der Waals surface area contributed by atoms with Crippen LogP contribution in [0.25, 0.3) is 0 Å². The zero-order chi connectivity index (χ0) is 11.5. The summed E-state index contributed by atoms with van der Waals surface area (Å²) < 4.78 is 0. The molecule has 1 aromatic rings. The van der Waals surface area contributed by atoms with E-state index in [9.17, 15) is 0 Å². The van der Waals surface area contributed by atoms with Crippen molar-refractivity contribution in [3.8, 4) is 0 Å². The Labute approximate surface area is 105 Å². The zero-order valence-electron chi connectivity index (χ0n) is 9.91. The van der Waals surface area contributed by atoms with Crippen molar-refractivity contribution in [2.45, 2.75) is 26.7 Å². The van der Waals surface area contributed by atoms with E-state index in [-0.39, 0.29) is 0 Å². The van der Waals surface area contributed by atoms with Crippen molar-refractivity contribution in [3.05, 3.63) is 17.6 Å². The van der Waals surface area contributed by atoms with Crippen LogP contribution in [0.5, 0.6) is 0 Å². The molecule has 0 spiro atoms. The van der Waals surface area contributed by atoms with Crippen molar-refractivity contribution in [2.75, 3.05) is 23.3 Å². The summed E-state index contributed by atoms with van der Waals surface area (Å²) in [4.78, 5) is 11.4. The molecule has 0 saturated carbocycles. The molecule has 4 heteroatoms. The molecule has 0 radical (unpaired) electrons. The second-order valence-corrected chi connectivity index (χ2v) is 5.18. The van der Waals surface area contributed by atoms with Gasteiger partial charge in [-0.2, -0.15) is 0 Å². The lowest BCUT2D eigenvalue weighted by Crippen LogP contribution is -2.37. The molecule has 2 rings (SSSR count). The first kappa shape index (κ1) is 11.8. The van der Waals surface area contributed by atoms with Gasteiger partial charge in [-0.05, 0) is 32.6 Å². The van der Waals surface area contributed by atoms with E-state index in [1.807, 2.05) is 20.0 Å². The Bertz CT molecular complexity index is 367. The highest BCUT2D eigenvalue weighted by molar-refractivity contribution is 9.09. The monoisotopic (exact) mass is 283 g/mol. The number of nitrogens with zero attached hydrogens (tertiary/aromatic N) is 3.